The van der Waals surface area contributed by atoms with Gasteiger partial charge in [-0.25, -0.2) is 0 Å². The molecule has 0 aliphatic carbocycles. The predicted molar refractivity (Wildman–Crippen MR) is 244 cm³/mol. The van der Waals surface area contributed by atoms with Gasteiger partial charge in [0, 0.05) is 13.1 Å². The number of nitrogens with zero attached hydrogens (tertiary/aromatic N) is 2. The zero-order chi connectivity index (χ0) is 41.2. The van der Waals surface area contributed by atoms with E-state index in [1.165, 1.54) is 174 Å². The highest BCUT2D eigenvalue weighted by Gasteiger charge is 2.20. The van der Waals surface area contributed by atoms with Crippen molar-refractivity contribution >= 4 is 11.9 Å². The fraction of sp³-hybridized carbons (Fsp3) is 0.960. The molecule has 0 aromatic rings. The molecule has 56 heavy (non-hydrogen) atoms. The van der Waals surface area contributed by atoms with Crippen molar-refractivity contribution in [2.75, 3.05) is 53.5 Å². The third kappa shape index (κ3) is 37.2. The number of ether oxygens (including phenoxy) is 2. The van der Waals surface area contributed by atoms with E-state index >= 15 is 0 Å². The minimum absolute atomic E-state index is 0.0766. The Morgan fingerprint density at radius 2 is 0.643 bits per heavy atom. The maximum atomic E-state index is 12.8. The Balaban J connectivity index is 4.09. The minimum atomic E-state index is 0.0766. The molecule has 0 N–H and O–H groups in total. The molecule has 0 fully saturated rings. The standard InChI is InChI=1S/C50H100N2O4/c1-7-11-15-29-37-47(38-30-16-12-8-2)49(53)55-45-35-27-23-19-21-25-33-41-52(44-43-51(5)6)42-34-26-22-20-24-28-36-46-56-50(54)48(39-31-17-13-9-3)40-32-18-14-10-4/h47-48H,7-46H2,1-6H3. The van der Waals surface area contributed by atoms with Crippen molar-refractivity contribution in [1.82, 2.24) is 9.80 Å². The molecular weight excluding hydrogens is 693 g/mol. The number of likely N-dealkylation sites (N-methyl/N-ethyl adjacent to an activating group) is 1. The summed E-state index contributed by atoms with van der Waals surface area (Å²) in [7, 11) is 4.37. The molecule has 0 aromatic heterocycles. The van der Waals surface area contributed by atoms with E-state index in [-0.39, 0.29) is 23.8 Å². The quantitative estimate of drug-likeness (QED) is 0.0452. The average molecular weight is 793 g/mol. The number of hydrogen-bond donors (Lipinski definition) is 0. The summed E-state index contributed by atoms with van der Waals surface area (Å²) in [5.41, 5.74) is 0. The Hall–Kier alpha value is -1.14. The maximum absolute atomic E-state index is 12.8. The Morgan fingerprint density at radius 3 is 0.946 bits per heavy atom. The van der Waals surface area contributed by atoms with Crippen LogP contribution in [0.15, 0.2) is 0 Å². The zero-order valence-corrected chi connectivity index (χ0v) is 39.0. The van der Waals surface area contributed by atoms with Crippen LogP contribution in [-0.2, 0) is 19.1 Å². The van der Waals surface area contributed by atoms with Crippen LogP contribution < -0.4 is 0 Å². The van der Waals surface area contributed by atoms with Gasteiger partial charge >= 0.3 is 11.9 Å². The van der Waals surface area contributed by atoms with Gasteiger partial charge in [0.15, 0.2) is 0 Å². The lowest BCUT2D eigenvalue weighted by Gasteiger charge is -2.24. The highest BCUT2D eigenvalue weighted by Crippen LogP contribution is 2.22. The molecule has 0 atom stereocenters. The van der Waals surface area contributed by atoms with Crippen molar-refractivity contribution in [3.05, 3.63) is 0 Å². The van der Waals surface area contributed by atoms with Gasteiger partial charge < -0.3 is 19.3 Å². The third-order valence-electron chi connectivity index (χ3n) is 11.9. The molecule has 0 aromatic carbocycles. The van der Waals surface area contributed by atoms with E-state index in [1.54, 1.807) is 0 Å². The lowest BCUT2D eigenvalue weighted by Crippen LogP contribution is -2.33. The van der Waals surface area contributed by atoms with Gasteiger partial charge in [0.25, 0.3) is 0 Å². The second kappa shape index (κ2) is 43.4. The molecule has 0 bridgehead atoms. The number of carbonyl (C=O) groups is 2. The normalized spacial score (nSPS) is 11.8. The van der Waals surface area contributed by atoms with Crippen molar-refractivity contribution in [2.45, 2.75) is 246 Å². The molecule has 0 amide bonds. The first kappa shape index (κ1) is 54.9. The highest BCUT2D eigenvalue weighted by molar-refractivity contribution is 5.72. The largest absolute Gasteiger partial charge is 0.465 e. The van der Waals surface area contributed by atoms with Gasteiger partial charge in [-0.1, -0.05) is 195 Å². The highest BCUT2D eigenvalue weighted by atomic mass is 16.5. The summed E-state index contributed by atoms with van der Waals surface area (Å²) in [6.45, 7) is 14.9. The van der Waals surface area contributed by atoms with E-state index in [9.17, 15) is 9.59 Å². The van der Waals surface area contributed by atoms with Crippen molar-refractivity contribution in [3.63, 3.8) is 0 Å². The third-order valence-corrected chi connectivity index (χ3v) is 11.9. The van der Waals surface area contributed by atoms with Crippen LogP contribution in [-0.4, -0.2) is 75.2 Å². The molecule has 0 rings (SSSR count). The van der Waals surface area contributed by atoms with Crippen molar-refractivity contribution in [1.29, 1.82) is 0 Å². The summed E-state index contributed by atoms with van der Waals surface area (Å²) in [5.74, 6) is 0.393. The molecule has 0 heterocycles. The molecule has 0 aliphatic heterocycles. The van der Waals surface area contributed by atoms with Gasteiger partial charge in [0.1, 0.15) is 0 Å². The average Bonchev–Trinajstić information content (AvgIpc) is 3.19. The summed E-state index contributed by atoms with van der Waals surface area (Å²) >= 11 is 0. The van der Waals surface area contributed by atoms with E-state index in [1.807, 2.05) is 0 Å². The van der Waals surface area contributed by atoms with Gasteiger partial charge in [-0.05, 0) is 78.6 Å². The minimum Gasteiger partial charge on any atom is -0.465 e. The van der Waals surface area contributed by atoms with Crippen LogP contribution in [0.5, 0.6) is 0 Å². The van der Waals surface area contributed by atoms with Crippen LogP contribution in [0.1, 0.15) is 246 Å². The van der Waals surface area contributed by atoms with Gasteiger partial charge in [0.2, 0.25) is 0 Å². The molecule has 0 saturated heterocycles. The Kier molecular flexibility index (Phi) is 42.6. The molecule has 0 saturated carbocycles. The van der Waals surface area contributed by atoms with Crippen LogP contribution in [0.3, 0.4) is 0 Å². The van der Waals surface area contributed by atoms with Crippen molar-refractivity contribution in [2.24, 2.45) is 11.8 Å². The van der Waals surface area contributed by atoms with Gasteiger partial charge in [-0.2, -0.15) is 0 Å². The van der Waals surface area contributed by atoms with E-state index in [0.717, 1.165) is 70.8 Å². The second-order valence-electron chi connectivity index (χ2n) is 17.7. The van der Waals surface area contributed by atoms with Gasteiger partial charge in [0.05, 0.1) is 25.0 Å². The summed E-state index contributed by atoms with van der Waals surface area (Å²) < 4.78 is 11.6. The summed E-state index contributed by atoms with van der Waals surface area (Å²) in [6, 6.07) is 0. The zero-order valence-electron chi connectivity index (χ0n) is 39.0. The Labute approximate surface area is 351 Å². The van der Waals surface area contributed by atoms with Gasteiger partial charge in [-0.3, -0.25) is 9.59 Å². The Morgan fingerprint density at radius 1 is 0.357 bits per heavy atom. The SMILES string of the molecule is CCCCCCC(CCCCCC)C(=O)OCCCCCCCCCN(CCCCCCCCCOC(=O)C(CCCCCC)CCCCCC)CCN(C)C. The van der Waals surface area contributed by atoms with Crippen LogP contribution in [0.4, 0.5) is 0 Å². The second-order valence-corrected chi connectivity index (χ2v) is 17.7. The Bertz CT molecular complexity index is 737. The van der Waals surface area contributed by atoms with E-state index in [4.69, 9.17) is 9.47 Å². The first-order valence-electron chi connectivity index (χ1n) is 25.1. The van der Waals surface area contributed by atoms with Crippen LogP contribution in [0, 0.1) is 11.8 Å². The molecule has 0 aliphatic rings. The summed E-state index contributed by atoms with van der Waals surface area (Å²) in [5, 5.41) is 0. The van der Waals surface area contributed by atoms with Gasteiger partial charge in [-0.15, -0.1) is 0 Å². The lowest BCUT2D eigenvalue weighted by molar-refractivity contribution is -0.150. The number of unbranched alkanes of at least 4 members (excludes halogenated alkanes) is 24. The first-order valence-corrected chi connectivity index (χ1v) is 25.1. The van der Waals surface area contributed by atoms with E-state index in [2.05, 4.69) is 51.6 Å². The van der Waals surface area contributed by atoms with Crippen LogP contribution in [0.2, 0.25) is 0 Å². The first-order chi connectivity index (χ1) is 27.4. The topological polar surface area (TPSA) is 59.1 Å². The van der Waals surface area contributed by atoms with E-state index < -0.39 is 0 Å². The maximum Gasteiger partial charge on any atom is 0.308 e. The molecule has 0 unspecified atom stereocenters. The molecule has 0 radical (unpaired) electrons. The fourth-order valence-electron chi connectivity index (χ4n) is 7.93. The number of esters is 2. The summed E-state index contributed by atoms with van der Waals surface area (Å²) in [4.78, 5) is 30.7. The number of hydrogen-bond acceptors (Lipinski definition) is 6. The smallest absolute Gasteiger partial charge is 0.308 e. The molecular formula is C50H100N2O4. The van der Waals surface area contributed by atoms with Crippen LogP contribution in [0.25, 0.3) is 0 Å². The van der Waals surface area contributed by atoms with Crippen molar-refractivity contribution in [3.8, 4) is 0 Å². The monoisotopic (exact) mass is 793 g/mol. The summed E-state index contributed by atoms with van der Waals surface area (Å²) in [6.07, 6.45) is 41.1. The van der Waals surface area contributed by atoms with E-state index in [0.29, 0.717) is 13.2 Å². The lowest BCUT2D eigenvalue weighted by atomic mass is 9.94. The number of carbonyl (C=O) groups excluding carboxylic acids is 2. The van der Waals surface area contributed by atoms with Crippen LogP contribution >= 0.6 is 0 Å². The number of rotatable bonds is 45. The molecule has 6 nitrogen and oxygen atoms in total. The molecule has 0 spiro atoms. The van der Waals surface area contributed by atoms with Crippen molar-refractivity contribution < 1.29 is 19.1 Å². The fourth-order valence-corrected chi connectivity index (χ4v) is 7.93. The molecule has 6 heteroatoms. The predicted octanol–water partition coefficient (Wildman–Crippen LogP) is 14.5. The molecule has 334 valence electrons.